The summed E-state index contributed by atoms with van der Waals surface area (Å²) in [5.41, 5.74) is 0.373. The number of hydrogen-bond donors (Lipinski definition) is 2. The van der Waals surface area contributed by atoms with Gasteiger partial charge in [0, 0.05) is 18.8 Å². The summed E-state index contributed by atoms with van der Waals surface area (Å²) < 4.78 is 0. The molecule has 1 amide bonds. The highest BCUT2D eigenvalue weighted by atomic mass is 32.1. The van der Waals surface area contributed by atoms with Crippen LogP contribution < -0.4 is 10.2 Å². The van der Waals surface area contributed by atoms with Gasteiger partial charge in [0.25, 0.3) is 0 Å². The molecule has 0 spiro atoms. The number of quaternary nitrogens is 1. The Balaban J connectivity index is 1.59. The maximum atomic E-state index is 12.9. The Morgan fingerprint density at radius 2 is 1.85 bits per heavy atom. The Bertz CT molecular complexity index is 563. The van der Waals surface area contributed by atoms with Crippen LogP contribution in [-0.2, 0) is 4.79 Å². The highest BCUT2D eigenvalue weighted by Crippen LogP contribution is 2.39. The molecule has 1 saturated carbocycles. The van der Waals surface area contributed by atoms with Crippen LogP contribution in [0.15, 0.2) is 17.5 Å². The minimum Gasteiger partial charge on any atom is -0.347 e. The molecule has 0 aromatic carbocycles. The second kappa shape index (κ2) is 8.43. The summed E-state index contributed by atoms with van der Waals surface area (Å²) in [6.07, 6.45) is 7.13. The minimum absolute atomic E-state index is 0.203. The Hall–Kier alpha value is -0.870. The predicted octanol–water partition coefficient (Wildman–Crippen LogP) is 3.83. The molecule has 146 valence electrons. The van der Waals surface area contributed by atoms with Crippen molar-refractivity contribution in [1.82, 2.24) is 5.32 Å². The number of amides is 1. The van der Waals surface area contributed by atoms with Gasteiger partial charge in [-0.25, -0.2) is 0 Å². The molecule has 1 saturated heterocycles. The zero-order valence-corrected chi connectivity index (χ0v) is 17.8. The zero-order chi connectivity index (χ0) is 18.7. The number of hydrogen-bond acceptors (Lipinski definition) is 2. The lowest BCUT2D eigenvalue weighted by molar-refractivity contribution is -0.920. The molecule has 3 rings (SSSR count). The van der Waals surface area contributed by atoms with Gasteiger partial charge in [-0.15, -0.1) is 11.3 Å². The van der Waals surface area contributed by atoms with Crippen molar-refractivity contribution in [3.05, 3.63) is 22.4 Å². The summed E-state index contributed by atoms with van der Waals surface area (Å²) in [5, 5.41) is 5.58. The van der Waals surface area contributed by atoms with E-state index in [0.29, 0.717) is 17.4 Å². The largest absolute Gasteiger partial charge is 0.347 e. The van der Waals surface area contributed by atoms with Crippen molar-refractivity contribution in [3.63, 3.8) is 0 Å². The molecule has 3 nitrogen and oxygen atoms in total. The molecule has 1 aromatic rings. The maximum Gasteiger partial charge on any atom is 0.223 e. The van der Waals surface area contributed by atoms with Crippen LogP contribution in [0.1, 0.15) is 77.1 Å². The van der Waals surface area contributed by atoms with Crippen LogP contribution >= 0.6 is 11.3 Å². The summed E-state index contributed by atoms with van der Waals surface area (Å²) in [6.45, 7) is 11.7. The van der Waals surface area contributed by atoms with E-state index in [4.69, 9.17) is 0 Å². The van der Waals surface area contributed by atoms with Gasteiger partial charge in [-0.3, -0.25) is 4.79 Å². The normalized spacial score (nSPS) is 27.2. The SMILES string of the molecule is C[C@H](NC(=O)C1CCC(C(C)(C)C)CC1)[C@@H](c1cccs1)[NH+]1CCCC1. The Kier molecular flexibility index (Phi) is 6.45. The van der Waals surface area contributed by atoms with Crippen molar-refractivity contribution in [2.45, 2.75) is 78.3 Å². The van der Waals surface area contributed by atoms with Crippen molar-refractivity contribution >= 4 is 17.2 Å². The third-order valence-corrected chi connectivity index (χ3v) is 7.68. The number of carbonyl (C=O) groups excluding carboxylic acids is 1. The van der Waals surface area contributed by atoms with E-state index in [-0.39, 0.29) is 12.0 Å². The standard InChI is InChI=1S/C22H36N2OS/c1-16(20(19-8-7-15-26-19)24-13-5-6-14-24)23-21(25)17-9-11-18(12-10-17)22(2,3)4/h7-8,15-18,20H,5-6,9-14H2,1-4H3,(H,23,25)/p+1/t16-,17?,18?,20-/m0/s1. The molecule has 1 aromatic heterocycles. The summed E-state index contributed by atoms with van der Waals surface area (Å²) in [6, 6.07) is 5.00. The summed E-state index contributed by atoms with van der Waals surface area (Å²) in [7, 11) is 0. The van der Waals surface area contributed by atoms with Gasteiger partial charge in [0.05, 0.1) is 24.0 Å². The van der Waals surface area contributed by atoms with E-state index < -0.39 is 0 Å². The van der Waals surface area contributed by atoms with Crippen molar-refractivity contribution in [2.75, 3.05) is 13.1 Å². The van der Waals surface area contributed by atoms with E-state index in [1.807, 2.05) is 11.3 Å². The van der Waals surface area contributed by atoms with Crippen molar-refractivity contribution in [3.8, 4) is 0 Å². The van der Waals surface area contributed by atoms with Gasteiger partial charge in [-0.2, -0.15) is 0 Å². The highest BCUT2D eigenvalue weighted by Gasteiger charge is 2.36. The molecule has 26 heavy (non-hydrogen) atoms. The first-order valence-electron chi connectivity index (χ1n) is 10.5. The van der Waals surface area contributed by atoms with Crippen LogP contribution in [0.4, 0.5) is 0 Å². The lowest BCUT2D eigenvalue weighted by Gasteiger charge is -2.37. The monoisotopic (exact) mass is 377 g/mol. The van der Waals surface area contributed by atoms with Gasteiger partial charge in [-0.05, 0) is 55.4 Å². The van der Waals surface area contributed by atoms with E-state index in [1.165, 1.54) is 43.6 Å². The topological polar surface area (TPSA) is 33.5 Å². The predicted molar refractivity (Wildman–Crippen MR) is 109 cm³/mol. The first-order valence-corrected chi connectivity index (χ1v) is 11.4. The molecule has 0 bridgehead atoms. The zero-order valence-electron chi connectivity index (χ0n) is 17.0. The molecule has 1 aliphatic heterocycles. The highest BCUT2D eigenvalue weighted by molar-refractivity contribution is 7.10. The van der Waals surface area contributed by atoms with Gasteiger partial charge < -0.3 is 10.2 Å². The first-order chi connectivity index (χ1) is 12.4. The van der Waals surface area contributed by atoms with Crippen LogP contribution in [0.25, 0.3) is 0 Å². The average molecular weight is 378 g/mol. The molecular weight excluding hydrogens is 340 g/mol. The average Bonchev–Trinajstić information content (AvgIpc) is 3.29. The van der Waals surface area contributed by atoms with Crippen LogP contribution in [0.2, 0.25) is 0 Å². The van der Waals surface area contributed by atoms with Crippen molar-refractivity contribution in [2.24, 2.45) is 17.3 Å². The maximum absolute atomic E-state index is 12.9. The van der Waals surface area contributed by atoms with E-state index in [0.717, 1.165) is 18.8 Å². The molecule has 2 heterocycles. The van der Waals surface area contributed by atoms with Crippen molar-refractivity contribution < 1.29 is 9.69 Å². The number of thiophene rings is 1. The van der Waals surface area contributed by atoms with E-state index in [1.54, 1.807) is 4.90 Å². The van der Waals surface area contributed by atoms with Crippen LogP contribution in [-0.4, -0.2) is 25.0 Å². The summed E-state index contributed by atoms with van der Waals surface area (Å²) in [4.78, 5) is 16.0. The van der Waals surface area contributed by atoms with E-state index in [2.05, 4.69) is 50.5 Å². The number of likely N-dealkylation sites (tertiary alicyclic amines) is 1. The van der Waals surface area contributed by atoms with Gasteiger partial charge in [0.15, 0.2) is 0 Å². The minimum atomic E-state index is 0.203. The molecule has 2 N–H and O–H groups in total. The van der Waals surface area contributed by atoms with E-state index in [9.17, 15) is 4.79 Å². The summed E-state index contributed by atoms with van der Waals surface area (Å²) in [5.74, 6) is 1.27. The second-order valence-electron chi connectivity index (χ2n) is 9.57. The fourth-order valence-corrected chi connectivity index (χ4v) is 6.05. The quantitative estimate of drug-likeness (QED) is 0.803. The molecule has 4 heteroatoms. The van der Waals surface area contributed by atoms with Gasteiger partial charge in [-0.1, -0.05) is 26.8 Å². The fourth-order valence-electron chi connectivity index (χ4n) is 5.06. The molecular formula is C22H37N2OS+. The third-order valence-electron chi connectivity index (χ3n) is 6.73. The smallest absolute Gasteiger partial charge is 0.223 e. The Morgan fingerprint density at radius 1 is 1.19 bits per heavy atom. The molecule has 2 aliphatic rings. The summed E-state index contributed by atoms with van der Waals surface area (Å²) >= 11 is 1.84. The van der Waals surface area contributed by atoms with E-state index >= 15 is 0 Å². The van der Waals surface area contributed by atoms with Crippen molar-refractivity contribution in [1.29, 1.82) is 0 Å². The fraction of sp³-hybridized carbons (Fsp3) is 0.773. The molecule has 0 unspecified atom stereocenters. The molecule has 2 fully saturated rings. The lowest BCUT2D eigenvalue weighted by Crippen LogP contribution is -3.11. The first kappa shape index (κ1) is 19.9. The number of carbonyl (C=O) groups is 1. The molecule has 1 aliphatic carbocycles. The second-order valence-corrected chi connectivity index (χ2v) is 10.5. The molecule has 2 atom stereocenters. The van der Waals surface area contributed by atoms with Gasteiger partial charge in [0.2, 0.25) is 5.91 Å². The lowest BCUT2D eigenvalue weighted by atomic mass is 9.69. The third kappa shape index (κ3) is 4.69. The molecule has 0 radical (unpaired) electrons. The van der Waals surface area contributed by atoms with Gasteiger partial charge in [0.1, 0.15) is 6.04 Å². The van der Waals surface area contributed by atoms with Crippen LogP contribution in [0, 0.1) is 17.3 Å². The number of nitrogens with one attached hydrogen (secondary N) is 2. The Labute approximate surface area is 163 Å². The van der Waals surface area contributed by atoms with Crippen LogP contribution in [0.5, 0.6) is 0 Å². The Morgan fingerprint density at radius 3 is 2.38 bits per heavy atom. The van der Waals surface area contributed by atoms with Crippen LogP contribution in [0.3, 0.4) is 0 Å². The van der Waals surface area contributed by atoms with Gasteiger partial charge >= 0.3 is 0 Å². The number of rotatable bonds is 5.